The van der Waals surface area contributed by atoms with Crippen LogP contribution in [0.3, 0.4) is 0 Å². The standard InChI is InChI=1S/C25H32N2O5/c1-29-21-8-4-19(5-9-21)24(27-12-15-30-16-13-27)17-26-25(28)20-6-10-22(11-7-20)32-18-23-3-2-14-31-23/h4-11,23-24H,2-3,12-18H2,1H3,(H,26,28)/t23-,24-/m0/s1. The van der Waals surface area contributed by atoms with Gasteiger partial charge in [-0.05, 0) is 54.8 Å². The molecular formula is C25H32N2O5. The van der Waals surface area contributed by atoms with Crippen LogP contribution in [0.15, 0.2) is 48.5 Å². The molecule has 172 valence electrons. The summed E-state index contributed by atoms with van der Waals surface area (Å²) in [7, 11) is 1.66. The van der Waals surface area contributed by atoms with E-state index in [-0.39, 0.29) is 18.1 Å². The Labute approximate surface area is 189 Å². The highest BCUT2D eigenvalue weighted by molar-refractivity contribution is 5.94. The highest BCUT2D eigenvalue weighted by Gasteiger charge is 2.23. The van der Waals surface area contributed by atoms with Crippen molar-refractivity contribution in [2.75, 3.05) is 53.2 Å². The number of nitrogens with zero attached hydrogens (tertiary/aromatic N) is 1. The molecule has 2 fully saturated rings. The summed E-state index contributed by atoms with van der Waals surface area (Å²) in [6, 6.07) is 15.4. The molecule has 1 amide bonds. The zero-order valence-corrected chi connectivity index (χ0v) is 18.6. The first-order valence-corrected chi connectivity index (χ1v) is 11.3. The van der Waals surface area contributed by atoms with Gasteiger partial charge in [-0.1, -0.05) is 12.1 Å². The van der Waals surface area contributed by atoms with Crippen LogP contribution in [0.5, 0.6) is 11.5 Å². The Morgan fingerprint density at radius 3 is 2.44 bits per heavy atom. The zero-order chi connectivity index (χ0) is 22.2. The third-order valence-corrected chi connectivity index (χ3v) is 6.02. The Morgan fingerprint density at radius 1 is 1.06 bits per heavy atom. The van der Waals surface area contributed by atoms with E-state index in [1.165, 1.54) is 0 Å². The number of carbonyl (C=O) groups is 1. The zero-order valence-electron chi connectivity index (χ0n) is 18.6. The summed E-state index contributed by atoms with van der Waals surface area (Å²) in [5.74, 6) is 1.48. The van der Waals surface area contributed by atoms with Crippen molar-refractivity contribution in [2.45, 2.75) is 25.0 Å². The predicted octanol–water partition coefficient (Wildman–Crippen LogP) is 3.06. The maximum atomic E-state index is 12.8. The van der Waals surface area contributed by atoms with E-state index in [2.05, 4.69) is 22.3 Å². The number of carbonyl (C=O) groups excluding carboxylic acids is 1. The SMILES string of the molecule is COc1ccc([C@H](CNC(=O)c2ccc(OC[C@@H]3CCCO3)cc2)N2CCOCC2)cc1. The summed E-state index contributed by atoms with van der Waals surface area (Å²) in [6.45, 7) is 4.96. The summed E-state index contributed by atoms with van der Waals surface area (Å²) in [5.41, 5.74) is 1.76. The normalized spacial score (nSPS) is 20.0. The van der Waals surface area contributed by atoms with E-state index >= 15 is 0 Å². The molecule has 0 radical (unpaired) electrons. The first-order chi connectivity index (χ1) is 15.7. The molecule has 0 aliphatic carbocycles. The third kappa shape index (κ3) is 6.00. The lowest BCUT2D eigenvalue weighted by atomic mass is 10.0. The van der Waals surface area contributed by atoms with Crippen LogP contribution in [-0.4, -0.2) is 70.1 Å². The molecule has 4 rings (SSSR count). The second-order valence-corrected chi connectivity index (χ2v) is 8.12. The highest BCUT2D eigenvalue weighted by Crippen LogP contribution is 2.24. The van der Waals surface area contributed by atoms with Crippen molar-refractivity contribution >= 4 is 5.91 Å². The van der Waals surface area contributed by atoms with Crippen LogP contribution in [0.4, 0.5) is 0 Å². The molecule has 7 nitrogen and oxygen atoms in total. The first kappa shape index (κ1) is 22.6. The molecule has 0 saturated carbocycles. The van der Waals surface area contributed by atoms with E-state index < -0.39 is 0 Å². The van der Waals surface area contributed by atoms with Gasteiger partial charge in [-0.2, -0.15) is 0 Å². The Bertz CT molecular complexity index is 844. The number of nitrogens with one attached hydrogen (secondary N) is 1. The summed E-state index contributed by atoms with van der Waals surface area (Å²) < 4.78 is 22.2. The lowest BCUT2D eigenvalue weighted by Crippen LogP contribution is -2.43. The number of amides is 1. The van der Waals surface area contributed by atoms with Crippen LogP contribution in [-0.2, 0) is 9.47 Å². The minimum Gasteiger partial charge on any atom is -0.497 e. The van der Waals surface area contributed by atoms with Gasteiger partial charge in [0.2, 0.25) is 0 Å². The van der Waals surface area contributed by atoms with Crippen LogP contribution >= 0.6 is 0 Å². The fourth-order valence-electron chi connectivity index (χ4n) is 4.13. The molecule has 0 spiro atoms. The molecule has 0 unspecified atom stereocenters. The van der Waals surface area contributed by atoms with Gasteiger partial charge in [-0.15, -0.1) is 0 Å². The quantitative estimate of drug-likeness (QED) is 0.646. The van der Waals surface area contributed by atoms with Crippen molar-refractivity contribution in [3.63, 3.8) is 0 Å². The largest absolute Gasteiger partial charge is 0.497 e. The summed E-state index contributed by atoms with van der Waals surface area (Å²) >= 11 is 0. The van der Waals surface area contributed by atoms with E-state index in [0.29, 0.717) is 31.9 Å². The topological polar surface area (TPSA) is 69.3 Å². The van der Waals surface area contributed by atoms with Gasteiger partial charge in [0.05, 0.1) is 32.5 Å². The molecule has 1 N–H and O–H groups in total. The Kier molecular flexibility index (Phi) is 7.98. The van der Waals surface area contributed by atoms with Crippen molar-refractivity contribution in [2.24, 2.45) is 0 Å². The number of benzene rings is 2. The average Bonchev–Trinajstić information content (AvgIpc) is 3.38. The van der Waals surface area contributed by atoms with Gasteiger partial charge in [0, 0.05) is 31.8 Å². The molecule has 0 bridgehead atoms. The van der Waals surface area contributed by atoms with E-state index in [1.807, 2.05) is 24.3 Å². The number of hydrogen-bond acceptors (Lipinski definition) is 6. The molecule has 2 atom stereocenters. The summed E-state index contributed by atoms with van der Waals surface area (Å²) in [6.07, 6.45) is 2.31. The third-order valence-electron chi connectivity index (χ3n) is 6.02. The molecule has 0 aromatic heterocycles. The monoisotopic (exact) mass is 440 g/mol. The Hall–Kier alpha value is -2.61. The second kappa shape index (κ2) is 11.3. The lowest BCUT2D eigenvalue weighted by molar-refractivity contribution is 0.0162. The summed E-state index contributed by atoms with van der Waals surface area (Å²) in [4.78, 5) is 15.2. The van der Waals surface area contributed by atoms with Crippen LogP contribution in [0, 0.1) is 0 Å². The van der Waals surface area contributed by atoms with Crippen LogP contribution in [0.1, 0.15) is 34.8 Å². The minimum absolute atomic E-state index is 0.0720. The van der Waals surface area contributed by atoms with Gasteiger partial charge in [-0.25, -0.2) is 0 Å². The molecule has 32 heavy (non-hydrogen) atoms. The maximum absolute atomic E-state index is 12.8. The maximum Gasteiger partial charge on any atom is 0.251 e. The molecule has 2 aromatic carbocycles. The van der Waals surface area contributed by atoms with Crippen LogP contribution in [0.2, 0.25) is 0 Å². The van der Waals surface area contributed by atoms with Gasteiger partial charge in [-0.3, -0.25) is 9.69 Å². The van der Waals surface area contributed by atoms with Gasteiger partial charge >= 0.3 is 0 Å². The summed E-state index contributed by atoms with van der Waals surface area (Å²) in [5, 5.41) is 3.11. The fourth-order valence-corrected chi connectivity index (χ4v) is 4.13. The Balaban J connectivity index is 1.35. The Morgan fingerprint density at radius 2 is 1.78 bits per heavy atom. The highest BCUT2D eigenvalue weighted by atomic mass is 16.5. The first-order valence-electron chi connectivity index (χ1n) is 11.3. The molecule has 7 heteroatoms. The van der Waals surface area contributed by atoms with Crippen molar-refractivity contribution < 1.29 is 23.7 Å². The number of hydrogen-bond donors (Lipinski definition) is 1. The molecule has 2 aliphatic rings. The van der Waals surface area contributed by atoms with E-state index in [9.17, 15) is 4.79 Å². The minimum atomic E-state index is -0.0950. The number of morpholine rings is 1. The van der Waals surface area contributed by atoms with Crippen molar-refractivity contribution in [3.8, 4) is 11.5 Å². The van der Waals surface area contributed by atoms with E-state index in [4.69, 9.17) is 18.9 Å². The number of methoxy groups -OCH3 is 1. The molecule has 2 aromatic rings. The van der Waals surface area contributed by atoms with Crippen molar-refractivity contribution in [1.82, 2.24) is 10.2 Å². The van der Waals surface area contributed by atoms with Crippen molar-refractivity contribution in [3.05, 3.63) is 59.7 Å². The van der Waals surface area contributed by atoms with Crippen LogP contribution in [0.25, 0.3) is 0 Å². The number of rotatable bonds is 9. The predicted molar refractivity (Wildman–Crippen MR) is 121 cm³/mol. The number of ether oxygens (including phenoxy) is 4. The van der Waals surface area contributed by atoms with Gasteiger partial charge in [0.15, 0.2) is 0 Å². The molecule has 2 saturated heterocycles. The molecule has 2 aliphatic heterocycles. The fraction of sp³-hybridized carbons (Fsp3) is 0.480. The van der Waals surface area contributed by atoms with E-state index in [1.54, 1.807) is 19.2 Å². The van der Waals surface area contributed by atoms with Crippen LogP contribution < -0.4 is 14.8 Å². The smallest absolute Gasteiger partial charge is 0.251 e. The molecular weight excluding hydrogens is 408 g/mol. The lowest BCUT2D eigenvalue weighted by Gasteiger charge is -2.35. The second-order valence-electron chi connectivity index (χ2n) is 8.12. The van der Waals surface area contributed by atoms with Gasteiger partial charge in [0.25, 0.3) is 5.91 Å². The average molecular weight is 441 g/mol. The van der Waals surface area contributed by atoms with Crippen molar-refractivity contribution in [1.29, 1.82) is 0 Å². The van der Waals surface area contributed by atoms with Gasteiger partial charge < -0.3 is 24.3 Å². The van der Waals surface area contributed by atoms with E-state index in [0.717, 1.165) is 49.6 Å². The molecule has 2 heterocycles. The van der Waals surface area contributed by atoms with Gasteiger partial charge in [0.1, 0.15) is 18.1 Å².